The lowest BCUT2D eigenvalue weighted by atomic mass is 9.74. The van der Waals surface area contributed by atoms with Gasteiger partial charge in [-0.3, -0.25) is 9.59 Å². The van der Waals surface area contributed by atoms with Crippen LogP contribution < -0.4 is 0 Å². The van der Waals surface area contributed by atoms with Crippen LogP contribution in [0.3, 0.4) is 0 Å². The highest BCUT2D eigenvalue weighted by molar-refractivity contribution is 6.30. The Morgan fingerprint density at radius 3 is 1.67 bits per heavy atom. The van der Waals surface area contributed by atoms with Gasteiger partial charge in [0.05, 0.1) is 11.5 Å². The fourth-order valence-electron chi connectivity index (χ4n) is 3.48. The summed E-state index contributed by atoms with van der Waals surface area (Å²) in [4.78, 5) is 25.0. The maximum absolute atomic E-state index is 12.5. The molecular weight excluding hydrogens is 328 g/mol. The Bertz CT molecular complexity index is 701. The molecule has 2 aliphatic rings. The number of carbonyl (C=O) groups is 2. The van der Waals surface area contributed by atoms with E-state index < -0.39 is 5.92 Å². The number of carbonyl (C=O) groups excluding carboxylic acids is 2. The highest BCUT2D eigenvalue weighted by atomic mass is 35.5. The highest BCUT2D eigenvalue weighted by Gasteiger charge is 2.37. The zero-order valence-electron chi connectivity index (χ0n) is 13.2. The average Bonchev–Trinajstić information content (AvgIpc) is 2.54. The van der Waals surface area contributed by atoms with Gasteiger partial charge in [0.1, 0.15) is 0 Å². The number of aliphatic hydroxyl groups excluding tert-OH is 2. The van der Waals surface area contributed by atoms with E-state index in [9.17, 15) is 19.8 Å². The second-order valence-corrected chi connectivity index (χ2v) is 6.70. The van der Waals surface area contributed by atoms with Crippen LogP contribution in [0, 0.1) is 0 Å². The van der Waals surface area contributed by atoms with Crippen molar-refractivity contribution in [1.82, 2.24) is 0 Å². The summed E-state index contributed by atoms with van der Waals surface area (Å²) in [6, 6.07) is 6.83. The van der Waals surface area contributed by atoms with Crippen molar-refractivity contribution in [1.29, 1.82) is 0 Å². The van der Waals surface area contributed by atoms with Crippen molar-refractivity contribution in [2.24, 2.45) is 0 Å². The van der Waals surface area contributed by atoms with Crippen LogP contribution in [-0.4, -0.2) is 21.8 Å². The molecule has 0 spiro atoms. The quantitative estimate of drug-likeness (QED) is 0.841. The molecule has 0 atom stereocenters. The number of allylic oxidation sites excluding steroid dienone is 4. The third-order valence-corrected chi connectivity index (χ3v) is 4.89. The number of benzene rings is 1. The molecule has 126 valence electrons. The molecule has 24 heavy (non-hydrogen) atoms. The van der Waals surface area contributed by atoms with Crippen LogP contribution >= 0.6 is 11.6 Å². The molecule has 1 aromatic carbocycles. The first-order chi connectivity index (χ1) is 11.5. The molecule has 0 unspecified atom stereocenters. The minimum Gasteiger partial charge on any atom is -0.512 e. The number of rotatable bonds is 3. The fraction of sp³-hybridized carbons (Fsp3) is 0.368. The third kappa shape index (κ3) is 3.11. The van der Waals surface area contributed by atoms with E-state index in [1.807, 2.05) is 0 Å². The first kappa shape index (κ1) is 16.8. The number of halogens is 1. The standard InChI is InChI=1S/C19H19ClO4/c20-12-9-7-11(8-10-12)17(18-13(21)3-1-4-14(18)22)19-15(23)5-2-6-16(19)24/h7-10,17,21,23H,1-6H2. The molecule has 0 aliphatic heterocycles. The van der Waals surface area contributed by atoms with Gasteiger partial charge in [0.25, 0.3) is 0 Å². The molecule has 0 heterocycles. The van der Waals surface area contributed by atoms with E-state index in [1.165, 1.54) is 0 Å². The summed E-state index contributed by atoms with van der Waals surface area (Å²) in [7, 11) is 0. The number of Topliss-reactive ketones (excluding diaryl/α,β-unsaturated/α-hetero) is 2. The molecule has 0 aromatic heterocycles. The minimum atomic E-state index is -0.733. The van der Waals surface area contributed by atoms with Crippen LogP contribution in [0.5, 0.6) is 0 Å². The number of hydrogen-bond acceptors (Lipinski definition) is 4. The van der Waals surface area contributed by atoms with Crippen molar-refractivity contribution >= 4 is 23.2 Å². The first-order valence-corrected chi connectivity index (χ1v) is 8.52. The van der Waals surface area contributed by atoms with Crippen molar-refractivity contribution in [3.05, 3.63) is 57.5 Å². The highest BCUT2D eigenvalue weighted by Crippen LogP contribution is 2.41. The van der Waals surface area contributed by atoms with E-state index in [0.717, 1.165) is 0 Å². The lowest BCUT2D eigenvalue weighted by Gasteiger charge is -2.28. The van der Waals surface area contributed by atoms with E-state index in [4.69, 9.17) is 11.6 Å². The average molecular weight is 347 g/mol. The van der Waals surface area contributed by atoms with Gasteiger partial charge >= 0.3 is 0 Å². The maximum atomic E-state index is 12.5. The van der Waals surface area contributed by atoms with E-state index in [1.54, 1.807) is 24.3 Å². The Balaban J connectivity index is 2.20. The SMILES string of the molecule is O=C1CCCC(O)=C1C(C1=C(O)CCCC1=O)c1ccc(Cl)cc1. The van der Waals surface area contributed by atoms with Crippen LogP contribution in [0.4, 0.5) is 0 Å². The van der Waals surface area contributed by atoms with Crippen molar-refractivity contribution in [3.8, 4) is 0 Å². The summed E-state index contributed by atoms with van der Waals surface area (Å²) < 4.78 is 0. The summed E-state index contributed by atoms with van der Waals surface area (Å²) in [5.41, 5.74) is 1.15. The molecule has 1 aromatic rings. The summed E-state index contributed by atoms with van der Waals surface area (Å²) in [5.74, 6) is -1.03. The van der Waals surface area contributed by atoms with E-state index >= 15 is 0 Å². The van der Waals surface area contributed by atoms with Gasteiger partial charge in [-0.2, -0.15) is 0 Å². The largest absolute Gasteiger partial charge is 0.512 e. The zero-order valence-corrected chi connectivity index (χ0v) is 14.0. The second kappa shape index (κ2) is 6.81. The van der Waals surface area contributed by atoms with Gasteiger partial charge in [-0.25, -0.2) is 0 Å². The smallest absolute Gasteiger partial charge is 0.163 e. The van der Waals surface area contributed by atoms with Gasteiger partial charge in [0.15, 0.2) is 11.6 Å². The van der Waals surface area contributed by atoms with Crippen molar-refractivity contribution in [2.45, 2.75) is 44.4 Å². The molecule has 3 rings (SSSR count). The Hall–Kier alpha value is -2.07. The molecule has 0 saturated heterocycles. The van der Waals surface area contributed by atoms with E-state index in [2.05, 4.69) is 0 Å². The van der Waals surface area contributed by atoms with Gasteiger partial charge < -0.3 is 10.2 Å². The van der Waals surface area contributed by atoms with Crippen molar-refractivity contribution < 1.29 is 19.8 Å². The number of hydrogen-bond donors (Lipinski definition) is 2. The molecule has 2 N–H and O–H groups in total. The summed E-state index contributed by atoms with van der Waals surface area (Å²) in [6.07, 6.45) is 2.69. The van der Waals surface area contributed by atoms with E-state index in [-0.39, 0.29) is 34.2 Å². The molecular formula is C19H19ClO4. The summed E-state index contributed by atoms with van der Waals surface area (Å²) >= 11 is 5.95. The zero-order chi connectivity index (χ0) is 17.3. The van der Waals surface area contributed by atoms with Crippen molar-refractivity contribution in [3.63, 3.8) is 0 Å². The topological polar surface area (TPSA) is 74.6 Å². The van der Waals surface area contributed by atoms with Crippen LogP contribution in [-0.2, 0) is 9.59 Å². The van der Waals surface area contributed by atoms with E-state index in [0.29, 0.717) is 49.1 Å². The molecule has 0 bridgehead atoms. The van der Waals surface area contributed by atoms with Crippen LogP contribution in [0.15, 0.2) is 46.9 Å². The Morgan fingerprint density at radius 2 is 1.25 bits per heavy atom. The second-order valence-electron chi connectivity index (χ2n) is 6.26. The van der Waals surface area contributed by atoms with Gasteiger partial charge in [-0.05, 0) is 30.5 Å². The lowest BCUT2D eigenvalue weighted by molar-refractivity contribution is -0.117. The van der Waals surface area contributed by atoms with Gasteiger partial charge in [0.2, 0.25) is 0 Å². The summed E-state index contributed by atoms with van der Waals surface area (Å²) in [6.45, 7) is 0. The molecule has 0 fully saturated rings. The lowest BCUT2D eigenvalue weighted by Crippen LogP contribution is -2.25. The van der Waals surface area contributed by atoms with Gasteiger partial charge in [0, 0.05) is 47.8 Å². The van der Waals surface area contributed by atoms with Gasteiger partial charge in [-0.15, -0.1) is 0 Å². The molecule has 5 heteroatoms. The maximum Gasteiger partial charge on any atom is 0.163 e. The Labute approximate surface area is 145 Å². The number of ketones is 2. The monoisotopic (exact) mass is 346 g/mol. The summed E-state index contributed by atoms with van der Waals surface area (Å²) in [5, 5.41) is 21.2. The normalized spacial score (nSPS) is 19.4. The Kier molecular flexibility index (Phi) is 4.76. The molecule has 0 amide bonds. The van der Waals surface area contributed by atoms with Gasteiger partial charge in [-0.1, -0.05) is 23.7 Å². The molecule has 2 aliphatic carbocycles. The Morgan fingerprint density at radius 1 is 0.792 bits per heavy atom. The predicted octanol–water partition coefficient (Wildman–Crippen LogP) is 4.55. The van der Waals surface area contributed by atoms with Crippen LogP contribution in [0.1, 0.15) is 50.0 Å². The van der Waals surface area contributed by atoms with Crippen LogP contribution in [0.2, 0.25) is 5.02 Å². The van der Waals surface area contributed by atoms with Crippen molar-refractivity contribution in [2.75, 3.05) is 0 Å². The molecule has 0 saturated carbocycles. The number of aliphatic hydroxyl groups is 2. The predicted molar refractivity (Wildman–Crippen MR) is 91.2 cm³/mol. The minimum absolute atomic E-state index is 0.0184. The van der Waals surface area contributed by atoms with Crippen LogP contribution in [0.25, 0.3) is 0 Å². The fourth-order valence-corrected chi connectivity index (χ4v) is 3.61. The first-order valence-electron chi connectivity index (χ1n) is 8.15. The third-order valence-electron chi connectivity index (χ3n) is 4.64. The molecule has 4 nitrogen and oxygen atoms in total. The molecule has 0 radical (unpaired) electrons.